The van der Waals surface area contributed by atoms with E-state index in [-0.39, 0.29) is 6.42 Å². The van der Waals surface area contributed by atoms with Crippen LogP contribution < -0.4 is 4.74 Å². The highest BCUT2D eigenvalue weighted by atomic mass is 79.9. The third-order valence-electron chi connectivity index (χ3n) is 6.02. The second kappa shape index (κ2) is 7.61. The molecule has 0 aromatic heterocycles. The highest BCUT2D eigenvalue weighted by molar-refractivity contribution is 9.28. The number of halogens is 2. The minimum absolute atomic E-state index is 0.227. The van der Waals surface area contributed by atoms with E-state index in [1.165, 1.54) is 0 Å². The molecule has 7 heteroatoms. The summed E-state index contributed by atoms with van der Waals surface area (Å²) in [5.41, 5.74) is -3.30. The topological polar surface area (TPSA) is 83.8 Å². The molecule has 0 amide bonds. The molecule has 1 aliphatic carbocycles. The summed E-state index contributed by atoms with van der Waals surface area (Å²) in [5, 5.41) is 19.8. The van der Waals surface area contributed by atoms with Crippen molar-refractivity contribution in [2.45, 2.75) is 20.3 Å². The number of benzene rings is 2. The summed E-state index contributed by atoms with van der Waals surface area (Å²) in [6.07, 6.45) is 1.88. The average Bonchev–Trinajstić information content (AvgIpc) is 3.04. The molecular formula is C22H20Br2O5. The third kappa shape index (κ3) is 3.30. The zero-order chi connectivity index (χ0) is 21.4. The number of carbonyl (C=O) groups is 2. The molecule has 2 aromatic rings. The van der Waals surface area contributed by atoms with Gasteiger partial charge in [0.25, 0.3) is 0 Å². The molecule has 0 saturated heterocycles. The van der Waals surface area contributed by atoms with Crippen LogP contribution in [0.5, 0.6) is 11.5 Å². The van der Waals surface area contributed by atoms with Gasteiger partial charge in [-0.3, -0.25) is 9.59 Å². The van der Waals surface area contributed by atoms with Crippen LogP contribution in [0.25, 0.3) is 0 Å². The Hall–Kier alpha value is -2.12. The van der Waals surface area contributed by atoms with Gasteiger partial charge < -0.3 is 14.9 Å². The fourth-order valence-corrected chi connectivity index (χ4v) is 5.33. The molecule has 2 N–H and O–H groups in total. The first kappa shape index (κ1) is 21.6. The molecule has 3 rings (SSSR count). The van der Waals surface area contributed by atoms with Crippen LogP contribution in [-0.2, 0) is 16.0 Å². The van der Waals surface area contributed by atoms with Gasteiger partial charge in [0, 0.05) is 10.8 Å². The largest absolute Gasteiger partial charge is 0.480 e. The Morgan fingerprint density at radius 3 is 2.07 bits per heavy atom. The first-order valence-corrected chi connectivity index (χ1v) is 10.5. The lowest BCUT2D eigenvalue weighted by Crippen LogP contribution is -2.33. The lowest BCUT2D eigenvalue weighted by molar-refractivity contribution is -0.160. The zero-order valence-corrected chi connectivity index (χ0v) is 19.0. The first-order valence-electron chi connectivity index (χ1n) is 8.91. The van der Waals surface area contributed by atoms with Crippen molar-refractivity contribution in [3.63, 3.8) is 0 Å². The molecule has 0 radical (unpaired) electrons. The van der Waals surface area contributed by atoms with Gasteiger partial charge in [0.15, 0.2) is 5.41 Å². The van der Waals surface area contributed by atoms with Crippen molar-refractivity contribution in [1.82, 2.24) is 0 Å². The van der Waals surface area contributed by atoms with Crippen LogP contribution in [0.1, 0.15) is 19.4 Å². The van der Waals surface area contributed by atoms with Crippen molar-refractivity contribution in [2.24, 2.45) is 16.2 Å². The summed E-state index contributed by atoms with van der Waals surface area (Å²) in [6, 6.07) is 16.6. The van der Waals surface area contributed by atoms with Crippen LogP contribution in [0.4, 0.5) is 0 Å². The van der Waals surface area contributed by atoms with E-state index >= 15 is 0 Å². The van der Waals surface area contributed by atoms with Crippen molar-refractivity contribution < 1.29 is 24.5 Å². The van der Waals surface area contributed by atoms with Crippen molar-refractivity contribution in [2.75, 3.05) is 0 Å². The molecule has 1 saturated carbocycles. The van der Waals surface area contributed by atoms with Crippen molar-refractivity contribution >= 4 is 43.8 Å². The summed E-state index contributed by atoms with van der Waals surface area (Å²) in [4.78, 5) is 24.3. The molecule has 1 unspecified atom stereocenters. The van der Waals surface area contributed by atoms with Crippen LogP contribution in [-0.4, -0.2) is 22.2 Å². The highest BCUT2D eigenvalue weighted by Gasteiger charge is 2.89. The predicted octanol–water partition coefficient (Wildman–Crippen LogP) is 5.83. The van der Waals surface area contributed by atoms with Gasteiger partial charge in [0.2, 0.25) is 0 Å². The van der Waals surface area contributed by atoms with Crippen LogP contribution in [0, 0.1) is 16.2 Å². The first-order chi connectivity index (χ1) is 13.6. The van der Waals surface area contributed by atoms with Crippen LogP contribution in [0.15, 0.2) is 64.1 Å². The molecule has 0 heterocycles. The number of rotatable bonds is 7. The van der Waals surface area contributed by atoms with Crippen LogP contribution in [0.2, 0.25) is 0 Å². The number of hydrogen-bond donors (Lipinski definition) is 2. The molecule has 1 aliphatic rings. The van der Waals surface area contributed by atoms with Gasteiger partial charge in [0.1, 0.15) is 11.5 Å². The number of para-hydroxylation sites is 1. The van der Waals surface area contributed by atoms with Crippen molar-refractivity contribution in [3.05, 3.63) is 69.6 Å². The number of carboxylic acids is 2. The lowest BCUT2D eigenvalue weighted by Gasteiger charge is -2.18. The smallest absolute Gasteiger partial charge is 0.322 e. The molecule has 0 bridgehead atoms. The van der Waals surface area contributed by atoms with Gasteiger partial charge in [-0.05, 0) is 68.1 Å². The Balaban J connectivity index is 2.02. The lowest BCUT2D eigenvalue weighted by atomic mass is 9.86. The molecule has 5 nitrogen and oxygen atoms in total. The summed E-state index contributed by atoms with van der Waals surface area (Å²) in [7, 11) is 0. The maximum atomic E-state index is 12.2. The van der Waals surface area contributed by atoms with E-state index in [0.29, 0.717) is 14.9 Å². The monoisotopic (exact) mass is 522 g/mol. The molecule has 29 heavy (non-hydrogen) atoms. The summed E-state index contributed by atoms with van der Waals surface area (Å²) in [6.45, 7) is 3.36. The average molecular weight is 524 g/mol. The third-order valence-corrected chi connectivity index (χ3v) is 6.47. The van der Waals surface area contributed by atoms with Gasteiger partial charge in [0.05, 0.1) is 3.39 Å². The number of carboxylic acid groups (broad SMARTS) is 2. The fraction of sp³-hybridized carbons (Fsp3) is 0.273. The molecule has 152 valence electrons. The number of aliphatic carboxylic acids is 2. The number of hydrogen-bond acceptors (Lipinski definition) is 3. The highest BCUT2D eigenvalue weighted by Crippen LogP contribution is 2.80. The maximum Gasteiger partial charge on any atom is 0.322 e. The molecule has 0 spiro atoms. The minimum atomic E-state index is -1.94. The van der Waals surface area contributed by atoms with Crippen molar-refractivity contribution in [3.8, 4) is 11.5 Å². The second-order valence-electron chi connectivity index (χ2n) is 7.63. The van der Waals surface area contributed by atoms with Crippen LogP contribution in [0.3, 0.4) is 0 Å². The zero-order valence-electron chi connectivity index (χ0n) is 15.9. The van der Waals surface area contributed by atoms with Gasteiger partial charge in [-0.1, -0.05) is 50.3 Å². The quantitative estimate of drug-likeness (QED) is 0.446. The van der Waals surface area contributed by atoms with E-state index in [9.17, 15) is 19.8 Å². The fourth-order valence-electron chi connectivity index (χ4n) is 4.55. The van der Waals surface area contributed by atoms with Crippen LogP contribution >= 0.6 is 31.9 Å². The van der Waals surface area contributed by atoms with E-state index in [1.54, 1.807) is 26.0 Å². The maximum absolute atomic E-state index is 12.2. The van der Waals surface area contributed by atoms with E-state index in [1.807, 2.05) is 48.5 Å². The van der Waals surface area contributed by atoms with E-state index < -0.39 is 28.2 Å². The number of allylic oxidation sites excluding steroid dienone is 1. The summed E-state index contributed by atoms with van der Waals surface area (Å²) < 4.78 is 6.38. The Morgan fingerprint density at radius 2 is 1.55 bits per heavy atom. The van der Waals surface area contributed by atoms with E-state index in [0.717, 1.165) is 5.56 Å². The predicted molar refractivity (Wildman–Crippen MR) is 117 cm³/mol. The van der Waals surface area contributed by atoms with Gasteiger partial charge in [-0.2, -0.15) is 0 Å². The Labute approximate surface area is 185 Å². The van der Waals surface area contributed by atoms with Gasteiger partial charge in [-0.25, -0.2) is 0 Å². The number of ether oxygens (including phenoxy) is 1. The van der Waals surface area contributed by atoms with Gasteiger partial charge >= 0.3 is 11.9 Å². The normalized spacial score (nSPS) is 21.1. The van der Waals surface area contributed by atoms with E-state index in [2.05, 4.69) is 31.9 Å². The summed E-state index contributed by atoms with van der Waals surface area (Å²) >= 11 is 6.58. The molecular weight excluding hydrogens is 504 g/mol. The van der Waals surface area contributed by atoms with Gasteiger partial charge in [-0.15, -0.1) is 0 Å². The Kier molecular flexibility index (Phi) is 5.66. The van der Waals surface area contributed by atoms with E-state index in [4.69, 9.17) is 4.74 Å². The molecule has 1 fully saturated rings. The SMILES string of the molecule is CC1(C)C(C=C(Br)Br)(Cc2cccc(Oc3ccccc3)c2)C1(C(=O)O)C(=O)O. The minimum Gasteiger partial charge on any atom is -0.480 e. The standard InChI is InChI=1S/C22H20Br2O5/c1-20(2)21(13-17(23)24,22(20,18(25)26)19(27)28)12-14-7-6-10-16(11-14)29-15-8-4-3-5-9-15/h3-11,13H,12H2,1-2H3,(H,25,26)(H,27,28). The second-order valence-corrected chi connectivity index (χ2v) is 10.4. The molecule has 0 aliphatic heterocycles. The Morgan fingerprint density at radius 1 is 0.966 bits per heavy atom. The molecule has 2 aromatic carbocycles. The summed E-state index contributed by atoms with van der Waals surface area (Å²) in [5.74, 6) is -1.41. The Bertz CT molecular complexity index is 966. The van der Waals surface area contributed by atoms with Crippen molar-refractivity contribution in [1.29, 1.82) is 0 Å². The molecule has 1 atom stereocenters.